The minimum atomic E-state index is -1.43. The Balaban J connectivity index is 2.33. The van der Waals surface area contributed by atoms with Crippen LogP contribution in [0.4, 0.5) is 0 Å². The highest BCUT2D eigenvalue weighted by Gasteiger charge is 2.19. The highest BCUT2D eigenvalue weighted by Crippen LogP contribution is 2.16. The van der Waals surface area contributed by atoms with Crippen LogP contribution in [0.25, 0.3) is 6.08 Å². The molecular formula is C14H22O2Si. The fraction of sp³-hybridized carbons (Fsp3) is 0.429. The molecule has 17 heavy (non-hydrogen) atoms. The summed E-state index contributed by atoms with van der Waals surface area (Å²) in [5.41, 5.74) is 1.09. The van der Waals surface area contributed by atoms with Crippen LogP contribution in [0.1, 0.15) is 12.0 Å². The third-order valence-electron chi connectivity index (χ3n) is 2.84. The van der Waals surface area contributed by atoms with Gasteiger partial charge in [0.05, 0.1) is 6.61 Å². The SMILES string of the molecule is C=Cc1cccc(OCCC[Si](C)(C)OC)c1. The van der Waals surface area contributed by atoms with E-state index in [9.17, 15) is 0 Å². The molecule has 0 aliphatic carbocycles. The van der Waals surface area contributed by atoms with Gasteiger partial charge in [0.15, 0.2) is 8.32 Å². The van der Waals surface area contributed by atoms with E-state index in [0.717, 1.165) is 30.4 Å². The van der Waals surface area contributed by atoms with Crippen molar-refractivity contribution in [1.82, 2.24) is 0 Å². The molecule has 0 fully saturated rings. The van der Waals surface area contributed by atoms with E-state index in [2.05, 4.69) is 19.7 Å². The summed E-state index contributed by atoms with van der Waals surface area (Å²) in [5, 5.41) is 0. The smallest absolute Gasteiger partial charge is 0.186 e. The van der Waals surface area contributed by atoms with E-state index < -0.39 is 8.32 Å². The summed E-state index contributed by atoms with van der Waals surface area (Å²) in [5.74, 6) is 0.916. The van der Waals surface area contributed by atoms with Crippen LogP contribution < -0.4 is 4.74 Å². The molecule has 0 aromatic heterocycles. The Bertz CT molecular complexity index is 361. The van der Waals surface area contributed by atoms with Gasteiger partial charge in [0.2, 0.25) is 0 Å². The summed E-state index contributed by atoms with van der Waals surface area (Å²) in [6.45, 7) is 8.95. The van der Waals surface area contributed by atoms with Crippen LogP contribution in [0, 0.1) is 0 Å². The first-order valence-corrected chi connectivity index (χ1v) is 9.09. The lowest BCUT2D eigenvalue weighted by Crippen LogP contribution is -2.28. The van der Waals surface area contributed by atoms with Gasteiger partial charge in [0.1, 0.15) is 5.75 Å². The third-order valence-corrected chi connectivity index (χ3v) is 5.50. The molecule has 1 aromatic rings. The second-order valence-electron chi connectivity index (χ2n) is 4.69. The predicted octanol–water partition coefficient (Wildman–Crippen LogP) is 3.95. The van der Waals surface area contributed by atoms with Crippen molar-refractivity contribution in [1.29, 1.82) is 0 Å². The maximum absolute atomic E-state index is 5.71. The fourth-order valence-corrected chi connectivity index (χ4v) is 2.72. The van der Waals surface area contributed by atoms with Crippen molar-refractivity contribution in [2.75, 3.05) is 13.7 Å². The molecule has 94 valence electrons. The maximum Gasteiger partial charge on any atom is 0.186 e. The van der Waals surface area contributed by atoms with Crippen LogP contribution in [0.2, 0.25) is 19.1 Å². The fourth-order valence-electron chi connectivity index (χ4n) is 1.52. The van der Waals surface area contributed by atoms with E-state index in [1.165, 1.54) is 0 Å². The Kier molecular flexibility index (Phi) is 5.45. The van der Waals surface area contributed by atoms with Crippen LogP contribution in [0.5, 0.6) is 5.75 Å². The normalized spacial score (nSPS) is 11.2. The summed E-state index contributed by atoms with van der Waals surface area (Å²) >= 11 is 0. The Hall–Kier alpha value is -1.06. The molecule has 0 unspecified atom stereocenters. The van der Waals surface area contributed by atoms with Gasteiger partial charge in [-0.15, -0.1) is 0 Å². The predicted molar refractivity (Wildman–Crippen MR) is 75.9 cm³/mol. The Morgan fingerprint density at radius 3 is 2.76 bits per heavy atom. The van der Waals surface area contributed by atoms with Crippen LogP contribution in [0.3, 0.4) is 0 Å². The molecule has 0 saturated carbocycles. The quantitative estimate of drug-likeness (QED) is 0.539. The zero-order valence-electron chi connectivity index (χ0n) is 11.0. The summed E-state index contributed by atoms with van der Waals surface area (Å²) in [6, 6.07) is 9.11. The number of hydrogen-bond acceptors (Lipinski definition) is 2. The topological polar surface area (TPSA) is 18.5 Å². The minimum Gasteiger partial charge on any atom is -0.494 e. The lowest BCUT2D eigenvalue weighted by atomic mass is 10.2. The molecule has 0 radical (unpaired) electrons. The van der Waals surface area contributed by atoms with Gasteiger partial charge in [-0.25, -0.2) is 0 Å². The molecule has 0 spiro atoms. The van der Waals surface area contributed by atoms with Crippen molar-refractivity contribution in [2.24, 2.45) is 0 Å². The molecule has 1 aromatic carbocycles. The third kappa shape index (κ3) is 5.19. The van der Waals surface area contributed by atoms with Crippen molar-refractivity contribution in [3.05, 3.63) is 36.4 Å². The summed E-state index contributed by atoms with van der Waals surface area (Å²) in [4.78, 5) is 0. The van der Waals surface area contributed by atoms with E-state index in [-0.39, 0.29) is 0 Å². The van der Waals surface area contributed by atoms with Crippen LogP contribution in [-0.2, 0) is 4.43 Å². The second-order valence-corrected chi connectivity index (χ2v) is 9.12. The van der Waals surface area contributed by atoms with Gasteiger partial charge in [-0.2, -0.15) is 0 Å². The largest absolute Gasteiger partial charge is 0.494 e. The van der Waals surface area contributed by atoms with Crippen LogP contribution >= 0.6 is 0 Å². The molecule has 0 bridgehead atoms. The molecule has 3 heteroatoms. The van der Waals surface area contributed by atoms with Crippen molar-refractivity contribution in [2.45, 2.75) is 25.6 Å². The van der Waals surface area contributed by atoms with Crippen molar-refractivity contribution >= 4 is 14.4 Å². The molecule has 0 aliphatic heterocycles. The Morgan fingerprint density at radius 1 is 1.35 bits per heavy atom. The van der Waals surface area contributed by atoms with Crippen molar-refractivity contribution in [3.8, 4) is 5.75 Å². The monoisotopic (exact) mass is 250 g/mol. The van der Waals surface area contributed by atoms with Gasteiger partial charge < -0.3 is 9.16 Å². The lowest BCUT2D eigenvalue weighted by molar-refractivity contribution is 0.311. The lowest BCUT2D eigenvalue weighted by Gasteiger charge is -2.19. The molecule has 0 N–H and O–H groups in total. The number of hydrogen-bond donors (Lipinski definition) is 0. The first-order chi connectivity index (χ1) is 8.07. The minimum absolute atomic E-state index is 0.750. The first-order valence-electron chi connectivity index (χ1n) is 5.98. The number of benzene rings is 1. The molecule has 0 aliphatic rings. The standard InChI is InChI=1S/C14H22O2Si/c1-5-13-8-6-9-14(12-13)16-10-7-11-17(3,4)15-2/h5-6,8-9,12H,1,7,10-11H2,2-4H3. The highest BCUT2D eigenvalue weighted by atomic mass is 28.4. The van der Waals surface area contributed by atoms with E-state index in [0.29, 0.717) is 0 Å². The van der Waals surface area contributed by atoms with Gasteiger partial charge in [-0.05, 0) is 43.3 Å². The zero-order chi connectivity index (χ0) is 12.7. The Morgan fingerprint density at radius 2 is 2.12 bits per heavy atom. The molecule has 1 rings (SSSR count). The molecule has 0 saturated heterocycles. The van der Waals surface area contributed by atoms with Crippen LogP contribution in [0.15, 0.2) is 30.8 Å². The molecule has 0 atom stereocenters. The molecule has 0 heterocycles. The average molecular weight is 250 g/mol. The van der Waals surface area contributed by atoms with Gasteiger partial charge in [0, 0.05) is 7.11 Å². The van der Waals surface area contributed by atoms with Crippen LogP contribution in [-0.4, -0.2) is 22.0 Å². The van der Waals surface area contributed by atoms with Gasteiger partial charge in [-0.1, -0.05) is 24.8 Å². The Labute approximate surface area is 105 Å². The van der Waals surface area contributed by atoms with Gasteiger partial charge >= 0.3 is 0 Å². The van der Waals surface area contributed by atoms with Gasteiger partial charge in [0.25, 0.3) is 0 Å². The van der Waals surface area contributed by atoms with Gasteiger partial charge in [-0.3, -0.25) is 0 Å². The number of rotatable bonds is 7. The summed E-state index contributed by atoms with van der Waals surface area (Å²) < 4.78 is 11.2. The first kappa shape index (κ1) is 14.0. The zero-order valence-corrected chi connectivity index (χ0v) is 12.0. The van der Waals surface area contributed by atoms with Crippen molar-refractivity contribution in [3.63, 3.8) is 0 Å². The van der Waals surface area contributed by atoms with E-state index in [1.54, 1.807) is 7.11 Å². The van der Waals surface area contributed by atoms with E-state index >= 15 is 0 Å². The summed E-state index contributed by atoms with van der Waals surface area (Å²) in [6.07, 6.45) is 2.87. The number of ether oxygens (including phenoxy) is 1. The molecular weight excluding hydrogens is 228 g/mol. The maximum atomic E-state index is 5.71. The summed E-state index contributed by atoms with van der Waals surface area (Å²) in [7, 11) is 0.377. The molecule has 2 nitrogen and oxygen atoms in total. The van der Waals surface area contributed by atoms with E-state index in [4.69, 9.17) is 9.16 Å². The average Bonchev–Trinajstić information content (AvgIpc) is 2.35. The highest BCUT2D eigenvalue weighted by molar-refractivity contribution is 6.71. The molecule has 0 amide bonds. The van der Waals surface area contributed by atoms with E-state index in [1.807, 2.05) is 30.3 Å². The van der Waals surface area contributed by atoms with Crippen molar-refractivity contribution < 1.29 is 9.16 Å². The second kappa shape index (κ2) is 6.62.